The zero-order valence-electron chi connectivity index (χ0n) is 34.3. The van der Waals surface area contributed by atoms with Crippen LogP contribution in [0.1, 0.15) is 72.2 Å². The predicted molar refractivity (Wildman–Crippen MR) is 241 cm³/mol. The Labute approximate surface area is 337 Å². The lowest BCUT2D eigenvalue weighted by Gasteiger charge is -2.29. The fourth-order valence-electron chi connectivity index (χ4n) is 9.96. The number of hydrogen-bond donors (Lipinski definition) is 0. The summed E-state index contributed by atoms with van der Waals surface area (Å²) in [6, 6.07) is 53.9. The second-order valence-corrected chi connectivity index (χ2v) is 17.5. The summed E-state index contributed by atoms with van der Waals surface area (Å²) in [5, 5.41) is 1.17. The molecule has 8 aromatic rings. The quantitative estimate of drug-likeness (QED) is 0.175. The molecule has 0 unspecified atom stereocenters. The summed E-state index contributed by atoms with van der Waals surface area (Å²) >= 11 is 0. The maximum atomic E-state index is 5.10. The monoisotopic (exact) mass is 736 g/mol. The molecular formula is C55H48N2. The van der Waals surface area contributed by atoms with Crippen molar-refractivity contribution in [1.82, 2.24) is 4.98 Å². The van der Waals surface area contributed by atoms with Gasteiger partial charge in [0.2, 0.25) is 0 Å². The first-order valence-corrected chi connectivity index (χ1v) is 20.3. The molecule has 10 rings (SSSR count). The molecule has 0 radical (unpaired) electrons. The highest BCUT2D eigenvalue weighted by Crippen LogP contribution is 2.55. The molecule has 0 atom stereocenters. The topological polar surface area (TPSA) is 16.1 Å². The molecule has 2 nitrogen and oxygen atoms in total. The van der Waals surface area contributed by atoms with Crippen molar-refractivity contribution in [2.24, 2.45) is 0 Å². The third kappa shape index (κ3) is 5.34. The summed E-state index contributed by atoms with van der Waals surface area (Å²) in [5.41, 5.74) is 25.2. The number of para-hydroxylation sites is 3. The van der Waals surface area contributed by atoms with Crippen molar-refractivity contribution in [2.45, 2.75) is 66.2 Å². The lowest BCUT2D eigenvalue weighted by Crippen LogP contribution is -2.17. The van der Waals surface area contributed by atoms with Crippen molar-refractivity contribution in [2.75, 3.05) is 4.90 Å². The van der Waals surface area contributed by atoms with Gasteiger partial charge in [-0.05, 0) is 172 Å². The van der Waals surface area contributed by atoms with Crippen molar-refractivity contribution in [3.05, 3.63) is 190 Å². The van der Waals surface area contributed by atoms with E-state index in [4.69, 9.17) is 4.98 Å². The molecule has 0 bridgehead atoms. The SMILES string of the molecule is Cc1cc2c(cc1-c1ccc3ccccc3n1)C(C)(C)c1cc(-c3cc4c(cc3C)-c3cc(C)c(N(c5ccccc5)c5ccccc5)cc3C4(C)C)c(C)cc1-2. The lowest BCUT2D eigenvalue weighted by molar-refractivity contribution is 0.659. The highest BCUT2D eigenvalue weighted by molar-refractivity contribution is 5.92. The van der Waals surface area contributed by atoms with Crippen LogP contribution in [0.2, 0.25) is 0 Å². The lowest BCUT2D eigenvalue weighted by atomic mass is 9.78. The highest BCUT2D eigenvalue weighted by Gasteiger charge is 2.39. The molecule has 0 amide bonds. The summed E-state index contributed by atoms with van der Waals surface area (Å²) in [7, 11) is 0. The third-order valence-electron chi connectivity index (χ3n) is 13.1. The normalized spacial score (nSPS) is 14.2. The average Bonchev–Trinajstić information content (AvgIpc) is 3.54. The molecule has 1 aromatic heterocycles. The number of aromatic nitrogens is 1. The van der Waals surface area contributed by atoms with Crippen LogP contribution in [0.15, 0.2) is 146 Å². The van der Waals surface area contributed by atoms with Gasteiger partial charge >= 0.3 is 0 Å². The van der Waals surface area contributed by atoms with Gasteiger partial charge in [-0.2, -0.15) is 0 Å². The van der Waals surface area contributed by atoms with Gasteiger partial charge in [0.15, 0.2) is 0 Å². The van der Waals surface area contributed by atoms with Gasteiger partial charge in [0.1, 0.15) is 0 Å². The third-order valence-corrected chi connectivity index (χ3v) is 13.1. The van der Waals surface area contributed by atoms with Crippen LogP contribution < -0.4 is 4.90 Å². The molecule has 0 aliphatic heterocycles. The van der Waals surface area contributed by atoms with E-state index in [9.17, 15) is 0 Å². The van der Waals surface area contributed by atoms with E-state index in [0.717, 1.165) is 22.6 Å². The number of anilines is 3. The van der Waals surface area contributed by atoms with Crippen molar-refractivity contribution in [3.8, 4) is 44.6 Å². The first kappa shape index (κ1) is 35.2. The van der Waals surface area contributed by atoms with Gasteiger partial charge in [0.25, 0.3) is 0 Å². The smallest absolute Gasteiger partial charge is 0.0712 e. The number of aryl methyl sites for hydroxylation is 4. The average molecular weight is 737 g/mol. The molecule has 0 spiro atoms. The molecule has 278 valence electrons. The van der Waals surface area contributed by atoms with Crippen LogP contribution in [-0.4, -0.2) is 4.98 Å². The Morgan fingerprint density at radius 3 is 1.33 bits per heavy atom. The molecule has 2 heteroatoms. The van der Waals surface area contributed by atoms with Crippen LogP contribution in [0.4, 0.5) is 17.1 Å². The summed E-state index contributed by atoms with van der Waals surface area (Å²) in [6.45, 7) is 18.7. The second-order valence-electron chi connectivity index (χ2n) is 17.5. The molecule has 0 fully saturated rings. The van der Waals surface area contributed by atoms with E-state index in [-0.39, 0.29) is 10.8 Å². The molecule has 0 saturated heterocycles. The summed E-state index contributed by atoms with van der Waals surface area (Å²) in [6.07, 6.45) is 0. The van der Waals surface area contributed by atoms with Gasteiger partial charge in [-0.25, -0.2) is 4.98 Å². The first-order valence-electron chi connectivity index (χ1n) is 20.3. The van der Waals surface area contributed by atoms with Gasteiger partial charge in [0, 0.05) is 38.8 Å². The zero-order chi connectivity index (χ0) is 39.4. The Morgan fingerprint density at radius 1 is 0.386 bits per heavy atom. The van der Waals surface area contributed by atoms with Crippen LogP contribution in [-0.2, 0) is 10.8 Å². The van der Waals surface area contributed by atoms with Crippen LogP contribution in [0.5, 0.6) is 0 Å². The summed E-state index contributed by atoms with van der Waals surface area (Å²) < 4.78 is 0. The van der Waals surface area contributed by atoms with Crippen LogP contribution in [0.25, 0.3) is 55.5 Å². The van der Waals surface area contributed by atoms with E-state index in [1.807, 2.05) is 0 Å². The Kier molecular flexibility index (Phi) is 7.80. The highest BCUT2D eigenvalue weighted by atomic mass is 15.1. The maximum Gasteiger partial charge on any atom is 0.0712 e. The van der Waals surface area contributed by atoms with Gasteiger partial charge in [-0.15, -0.1) is 0 Å². The second kappa shape index (κ2) is 12.6. The van der Waals surface area contributed by atoms with Crippen LogP contribution >= 0.6 is 0 Å². The fourth-order valence-corrected chi connectivity index (χ4v) is 9.96. The Morgan fingerprint density at radius 2 is 0.807 bits per heavy atom. The van der Waals surface area contributed by atoms with Crippen LogP contribution in [0.3, 0.4) is 0 Å². The minimum atomic E-state index is -0.181. The molecular weight excluding hydrogens is 689 g/mol. The first-order chi connectivity index (χ1) is 27.4. The van der Waals surface area contributed by atoms with Crippen molar-refractivity contribution >= 4 is 28.0 Å². The Balaban J connectivity index is 1.06. The molecule has 7 aromatic carbocycles. The maximum absolute atomic E-state index is 5.10. The molecule has 0 N–H and O–H groups in total. The van der Waals surface area contributed by atoms with Gasteiger partial charge < -0.3 is 4.90 Å². The molecule has 57 heavy (non-hydrogen) atoms. The van der Waals surface area contributed by atoms with Crippen molar-refractivity contribution < 1.29 is 0 Å². The number of benzene rings is 7. The molecule has 2 aliphatic carbocycles. The fraction of sp³-hybridized carbons (Fsp3) is 0.182. The number of pyridine rings is 1. The summed E-state index contributed by atoms with van der Waals surface area (Å²) in [5.74, 6) is 0. The largest absolute Gasteiger partial charge is 0.310 e. The van der Waals surface area contributed by atoms with Gasteiger partial charge in [0.05, 0.1) is 11.2 Å². The minimum Gasteiger partial charge on any atom is -0.310 e. The van der Waals surface area contributed by atoms with Gasteiger partial charge in [-0.1, -0.05) is 107 Å². The molecule has 0 saturated carbocycles. The van der Waals surface area contributed by atoms with Gasteiger partial charge in [-0.3, -0.25) is 0 Å². The Hall–Kier alpha value is -6.25. The van der Waals surface area contributed by atoms with Crippen molar-refractivity contribution in [3.63, 3.8) is 0 Å². The van der Waals surface area contributed by atoms with E-state index in [1.165, 1.54) is 94.5 Å². The molecule has 2 aliphatic rings. The van der Waals surface area contributed by atoms with E-state index in [2.05, 4.69) is 206 Å². The van der Waals surface area contributed by atoms with E-state index in [1.54, 1.807) is 0 Å². The predicted octanol–water partition coefficient (Wildman–Crippen LogP) is 14.9. The number of nitrogens with zero attached hydrogens (tertiary/aromatic N) is 2. The van der Waals surface area contributed by atoms with Crippen LogP contribution in [0, 0.1) is 27.7 Å². The Bertz CT molecular complexity index is 2890. The van der Waals surface area contributed by atoms with E-state index >= 15 is 0 Å². The number of hydrogen-bond acceptors (Lipinski definition) is 2. The zero-order valence-corrected chi connectivity index (χ0v) is 34.3. The van der Waals surface area contributed by atoms with E-state index in [0.29, 0.717) is 0 Å². The number of fused-ring (bicyclic) bond motifs is 7. The summed E-state index contributed by atoms with van der Waals surface area (Å²) in [4.78, 5) is 7.51. The van der Waals surface area contributed by atoms with E-state index < -0.39 is 0 Å². The number of rotatable bonds is 5. The standard InChI is InChI=1S/C55H48N2/c1-33-25-43-45-27-35(3)42(52-24-23-37-17-15-16-22-51(37)56-52)31-49(45)54(5,6)47(43)29-40(33)41-30-48-44(26-34(41)2)46-28-36(4)53(32-50(46)55(48,7)8)57(38-18-11-9-12-19-38)39-20-13-10-14-21-39/h9-32H,1-8H3. The minimum absolute atomic E-state index is 0.163. The molecule has 1 heterocycles. The van der Waals surface area contributed by atoms with Crippen molar-refractivity contribution in [1.29, 1.82) is 0 Å².